The van der Waals surface area contributed by atoms with Crippen molar-refractivity contribution in [1.29, 1.82) is 0 Å². The van der Waals surface area contributed by atoms with Gasteiger partial charge in [0, 0.05) is 36.3 Å². The van der Waals surface area contributed by atoms with E-state index in [0.29, 0.717) is 0 Å². The van der Waals surface area contributed by atoms with Crippen molar-refractivity contribution >= 4 is 0 Å². The van der Waals surface area contributed by atoms with Crippen LogP contribution in [-0.4, -0.2) is 50.1 Å². The van der Waals surface area contributed by atoms with Gasteiger partial charge >= 0.3 is 0 Å². The molecule has 0 aliphatic heterocycles. The third-order valence-electron chi connectivity index (χ3n) is 3.21. The molecule has 108 valence electrons. The summed E-state index contributed by atoms with van der Waals surface area (Å²) in [4.78, 5) is 6.42. The van der Waals surface area contributed by atoms with E-state index >= 15 is 0 Å². The molecule has 0 N–H and O–H groups in total. The van der Waals surface area contributed by atoms with Gasteiger partial charge in [-0.05, 0) is 26.2 Å². The summed E-state index contributed by atoms with van der Waals surface area (Å²) in [5.41, 5.74) is 2.10. The van der Waals surface area contributed by atoms with Gasteiger partial charge < -0.3 is 4.90 Å². The van der Waals surface area contributed by atoms with Crippen LogP contribution in [0.5, 0.6) is 0 Å². The van der Waals surface area contributed by atoms with Gasteiger partial charge in [-0.1, -0.05) is 6.07 Å². The molecule has 3 heterocycles. The highest BCUT2D eigenvalue weighted by Gasteiger charge is 2.06. The summed E-state index contributed by atoms with van der Waals surface area (Å²) in [6.45, 7) is 1.84. The Bertz CT molecular complexity index is 698. The standard InChI is InChI=1S/C15H18N6/c1-19(2)7-8-20-11-13(9-17-20)14-10-18-21(12-14)15-5-3-4-6-16-15/h3-6,9-12H,7-8H2,1-2H3. The quantitative estimate of drug-likeness (QED) is 0.714. The molecule has 21 heavy (non-hydrogen) atoms. The van der Waals surface area contributed by atoms with Gasteiger partial charge in [0.2, 0.25) is 0 Å². The number of pyridine rings is 1. The van der Waals surface area contributed by atoms with Crippen LogP contribution in [0, 0.1) is 0 Å². The van der Waals surface area contributed by atoms with Crippen molar-refractivity contribution in [3.8, 4) is 16.9 Å². The fourth-order valence-corrected chi connectivity index (χ4v) is 2.02. The highest BCUT2D eigenvalue weighted by molar-refractivity contribution is 5.60. The van der Waals surface area contributed by atoms with E-state index in [4.69, 9.17) is 0 Å². The third-order valence-corrected chi connectivity index (χ3v) is 3.21. The Morgan fingerprint density at radius 1 is 1.05 bits per heavy atom. The molecule has 0 aliphatic carbocycles. The van der Waals surface area contributed by atoms with Crippen LogP contribution in [0.25, 0.3) is 16.9 Å². The summed E-state index contributed by atoms with van der Waals surface area (Å²) < 4.78 is 3.72. The Balaban J connectivity index is 1.77. The van der Waals surface area contributed by atoms with Gasteiger partial charge in [-0.25, -0.2) is 9.67 Å². The van der Waals surface area contributed by atoms with Crippen LogP contribution in [0.2, 0.25) is 0 Å². The Kier molecular flexibility index (Phi) is 3.79. The molecule has 0 amide bonds. The van der Waals surface area contributed by atoms with Crippen molar-refractivity contribution in [3.63, 3.8) is 0 Å². The van der Waals surface area contributed by atoms with Crippen molar-refractivity contribution in [1.82, 2.24) is 29.4 Å². The first-order valence-corrected chi connectivity index (χ1v) is 6.86. The van der Waals surface area contributed by atoms with Gasteiger partial charge in [0.25, 0.3) is 0 Å². The second-order valence-electron chi connectivity index (χ2n) is 5.16. The van der Waals surface area contributed by atoms with E-state index in [2.05, 4.69) is 34.2 Å². The smallest absolute Gasteiger partial charge is 0.153 e. The van der Waals surface area contributed by atoms with Gasteiger partial charge in [-0.3, -0.25) is 4.68 Å². The second-order valence-corrected chi connectivity index (χ2v) is 5.16. The molecule has 6 heteroatoms. The topological polar surface area (TPSA) is 51.8 Å². The lowest BCUT2D eigenvalue weighted by molar-refractivity contribution is 0.373. The highest BCUT2D eigenvalue weighted by atomic mass is 15.3. The molecule has 3 aromatic heterocycles. The predicted molar refractivity (Wildman–Crippen MR) is 81.1 cm³/mol. The number of nitrogens with zero attached hydrogens (tertiary/aromatic N) is 6. The van der Waals surface area contributed by atoms with Crippen molar-refractivity contribution in [3.05, 3.63) is 49.2 Å². The highest BCUT2D eigenvalue weighted by Crippen LogP contribution is 2.18. The van der Waals surface area contributed by atoms with E-state index in [-0.39, 0.29) is 0 Å². The largest absolute Gasteiger partial charge is 0.308 e. The van der Waals surface area contributed by atoms with Gasteiger partial charge in [0.15, 0.2) is 5.82 Å². The number of hydrogen-bond donors (Lipinski definition) is 0. The van der Waals surface area contributed by atoms with Crippen molar-refractivity contribution in [2.24, 2.45) is 0 Å². The molecule has 0 fully saturated rings. The third kappa shape index (κ3) is 3.17. The minimum absolute atomic E-state index is 0.809. The van der Waals surface area contributed by atoms with Crippen LogP contribution in [0.4, 0.5) is 0 Å². The van der Waals surface area contributed by atoms with Crippen LogP contribution >= 0.6 is 0 Å². The maximum atomic E-state index is 4.38. The van der Waals surface area contributed by atoms with Crippen LogP contribution < -0.4 is 0 Å². The van der Waals surface area contributed by atoms with Crippen molar-refractivity contribution < 1.29 is 0 Å². The molecule has 0 unspecified atom stereocenters. The van der Waals surface area contributed by atoms with Gasteiger partial charge in [0.1, 0.15) is 0 Å². The molecule has 0 bridgehead atoms. The molecule has 0 aliphatic rings. The summed E-state index contributed by atoms with van der Waals surface area (Å²) in [7, 11) is 4.11. The predicted octanol–water partition coefficient (Wildman–Crippen LogP) is 1.69. The van der Waals surface area contributed by atoms with Crippen LogP contribution in [0.1, 0.15) is 0 Å². The maximum Gasteiger partial charge on any atom is 0.153 e. The lowest BCUT2D eigenvalue weighted by atomic mass is 10.2. The van der Waals surface area contributed by atoms with Crippen LogP contribution in [0.3, 0.4) is 0 Å². The fourth-order valence-electron chi connectivity index (χ4n) is 2.02. The van der Waals surface area contributed by atoms with E-state index in [0.717, 1.165) is 30.0 Å². The van der Waals surface area contributed by atoms with E-state index in [1.54, 1.807) is 10.9 Å². The van der Waals surface area contributed by atoms with Crippen molar-refractivity contribution in [2.45, 2.75) is 6.54 Å². The molecular weight excluding hydrogens is 264 g/mol. The number of rotatable bonds is 5. The van der Waals surface area contributed by atoms with Gasteiger partial charge in [-0.2, -0.15) is 10.2 Å². The fraction of sp³-hybridized carbons (Fsp3) is 0.267. The zero-order valence-electron chi connectivity index (χ0n) is 12.2. The number of hydrogen-bond acceptors (Lipinski definition) is 4. The Labute approximate surface area is 123 Å². The Morgan fingerprint density at radius 2 is 1.86 bits per heavy atom. The van der Waals surface area contributed by atoms with E-state index in [1.165, 1.54) is 0 Å². The molecule has 0 atom stereocenters. The average Bonchev–Trinajstić information content (AvgIpc) is 3.15. The van der Waals surface area contributed by atoms with Gasteiger partial charge in [-0.15, -0.1) is 0 Å². The SMILES string of the molecule is CN(C)CCn1cc(-c2cnn(-c3ccccn3)c2)cn1. The monoisotopic (exact) mass is 282 g/mol. The minimum atomic E-state index is 0.809. The zero-order chi connectivity index (χ0) is 14.7. The first kappa shape index (κ1) is 13.5. The lowest BCUT2D eigenvalue weighted by Gasteiger charge is -2.08. The summed E-state index contributed by atoms with van der Waals surface area (Å²) >= 11 is 0. The van der Waals surface area contributed by atoms with Crippen LogP contribution in [0.15, 0.2) is 49.2 Å². The van der Waals surface area contributed by atoms with E-state index in [9.17, 15) is 0 Å². The Morgan fingerprint density at radius 3 is 2.62 bits per heavy atom. The molecule has 3 aromatic rings. The zero-order valence-corrected chi connectivity index (χ0v) is 12.2. The molecule has 0 saturated carbocycles. The summed E-state index contributed by atoms with van der Waals surface area (Å²) in [5.74, 6) is 0.809. The van der Waals surface area contributed by atoms with Crippen LogP contribution in [-0.2, 0) is 6.54 Å². The first-order valence-electron chi connectivity index (χ1n) is 6.86. The number of likely N-dealkylation sites (N-methyl/N-ethyl adjacent to an activating group) is 1. The Hall–Kier alpha value is -2.47. The molecule has 0 saturated heterocycles. The number of aromatic nitrogens is 5. The average molecular weight is 282 g/mol. The molecule has 3 rings (SSSR count). The second kappa shape index (κ2) is 5.88. The molecule has 0 spiro atoms. The minimum Gasteiger partial charge on any atom is -0.308 e. The normalized spacial score (nSPS) is 11.2. The summed E-state index contributed by atoms with van der Waals surface area (Å²) in [6.07, 6.45) is 9.48. The van der Waals surface area contributed by atoms with E-state index < -0.39 is 0 Å². The molecule has 0 aromatic carbocycles. The lowest BCUT2D eigenvalue weighted by Crippen LogP contribution is -2.18. The van der Waals surface area contributed by atoms with Gasteiger partial charge in [0.05, 0.1) is 18.9 Å². The molecular formula is C15H18N6. The first-order chi connectivity index (χ1) is 10.2. The van der Waals surface area contributed by atoms with Crippen molar-refractivity contribution in [2.75, 3.05) is 20.6 Å². The maximum absolute atomic E-state index is 4.38. The summed E-state index contributed by atoms with van der Waals surface area (Å²) in [6, 6.07) is 5.77. The van der Waals surface area contributed by atoms with E-state index in [1.807, 2.05) is 47.7 Å². The molecule has 6 nitrogen and oxygen atoms in total. The summed E-state index contributed by atoms with van der Waals surface area (Å²) in [5, 5.41) is 8.74. The molecule has 0 radical (unpaired) electrons.